The molecule has 0 aromatic carbocycles. The maximum Gasteiger partial charge on any atom is 0.340 e. The average Bonchev–Trinajstić information content (AvgIpc) is 2.29. The standard InChI is InChI=1S/C10H13N3O2S/c14-9(15)7-6-11-10(12-8(7)16)13-4-2-1-3-5-13/h6H,1-5H2,(H,14,15)(H,11,12,16). The topological polar surface area (TPSA) is 69.2 Å². The SMILES string of the molecule is O=C(O)c1cnc(N2CCCCC2)[nH]c1=S. The van der Waals surface area contributed by atoms with E-state index < -0.39 is 5.97 Å². The molecule has 2 rings (SSSR count). The molecule has 86 valence electrons. The molecule has 6 heteroatoms. The number of aromatic nitrogens is 2. The molecule has 16 heavy (non-hydrogen) atoms. The van der Waals surface area contributed by atoms with Crippen molar-refractivity contribution in [3.63, 3.8) is 0 Å². The van der Waals surface area contributed by atoms with E-state index in [2.05, 4.69) is 14.9 Å². The van der Waals surface area contributed by atoms with Gasteiger partial charge in [-0.25, -0.2) is 9.78 Å². The van der Waals surface area contributed by atoms with Crippen LogP contribution in [0.1, 0.15) is 29.6 Å². The summed E-state index contributed by atoms with van der Waals surface area (Å²) < 4.78 is 0.239. The highest BCUT2D eigenvalue weighted by atomic mass is 32.1. The average molecular weight is 239 g/mol. The Balaban J connectivity index is 2.26. The van der Waals surface area contributed by atoms with E-state index in [1.54, 1.807) is 0 Å². The quantitative estimate of drug-likeness (QED) is 0.770. The number of piperidine rings is 1. The van der Waals surface area contributed by atoms with Gasteiger partial charge >= 0.3 is 5.97 Å². The third kappa shape index (κ3) is 2.21. The zero-order valence-electron chi connectivity index (χ0n) is 8.77. The highest BCUT2D eigenvalue weighted by Crippen LogP contribution is 2.15. The van der Waals surface area contributed by atoms with Crippen LogP contribution in [0.3, 0.4) is 0 Å². The molecular formula is C10H13N3O2S. The smallest absolute Gasteiger partial charge is 0.340 e. The summed E-state index contributed by atoms with van der Waals surface area (Å²) in [5.74, 6) is -0.367. The molecule has 0 saturated carbocycles. The van der Waals surface area contributed by atoms with Gasteiger partial charge < -0.3 is 15.0 Å². The lowest BCUT2D eigenvalue weighted by Gasteiger charge is -2.27. The van der Waals surface area contributed by atoms with Gasteiger partial charge in [-0.3, -0.25) is 0 Å². The fraction of sp³-hybridized carbons (Fsp3) is 0.500. The first-order chi connectivity index (χ1) is 7.68. The van der Waals surface area contributed by atoms with E-state index in [0.29, 0.717) is 5.95 Å². The van der Waals surface area contributed by atoms with Crippen molar-refractivity contribution in [1.82, 2.24) is 9.97 Å². The second-order valence-electron chi connectivity index (χ2n) is 3.80. The summed E-state index contributed by atoms with van der Waals surface area (Å²) >= 11 is 4.98. The van der Waals surface area contributed by atoms with Crippen LogP contribution >= 0.6 is 12.2 Å². The molecule has 1 aromatic rings. The zero-order valence-corrected chi connectivity index (χ0v) is 9.59. The van der Waals surface area contributed by atoms with Crippen LogP contribution in [0.5, 0.6) is 0 Å². The predicted molar refractivity (Wildman–Crippen MR) is 62.4 cm³/mol. The molecule has 0 radical (unpaired) electrons. The summed E-state index contributed by atoms with van der Waals surface area (Å²) in [7, 11) is 0. The van der Waals surface area contributed by atoms with Gasteiger partial charge in [0, 0.05) is 19.3 Å². The second kappa shape index (κ2) is 4.61. The van der Waals surface area contributed by atoms with Gasteiger partial charge in [-0.1, -0.05) is 12.2 Å². The fourth-order valence-corrected chi connectivity index (χ4v) is 2.04. The molecule has 2 N–H and O–H groups in total. The minimum absolute atomic E-state index is 0.0516. The molecule has 1 fully saturated rings. The Hall–Kier alpha value is -1.43. The van der Waals surface area contributed by atoms with Crippen molar-refractivity contribution in [2.24, 2.45) is 0 Å². The van der Waals surface area contributed by atoms with Gasteiger partial charge in [-0.2, -0.15) is 0 Å². The summed E-state index contributed by atoms with van der Waals surface area (Å²) in [5.41, 5.74) is 0.0516. The number of nitrogens with zero attached hydrogens (tertiary/aromatic N) is 2. The minimum Gasteiger partial charge on any atom is -0.478 e. The van der Waals surface area contributed by atoms with Gasteiger partial charge in [-0.05, 0) is 19.3 Å². The molecule has 1 aliphatic rings. The van der Waals surface area contributed by atoms with Gasteiger partial charge in [0.2, 0.25) is 5.95 Å². The molecule has 0 amide bonds. The summed E-state index contributed by atoms with van der Waals surface area (Å²) in [4.78, 5) is 19.9. The van der Waals surface area contributed by atoms with Gasteiger partial charge in [0.25, 0.3) is 0 Å². The summed E-state index contributed by atoms with van der Waals surface area (Å²) in [6.07, 6.45) is 4.85. The molecule has 0 aliphatic carbocycles. The Morgan fingerprint density at radius 2 is 2.12 bits per heavy atom. The summed E-state index contributed by atoms with van der Waals surface area (Å²) in [5, 5.41) is 8.83. The molecule has 2 heterocycles. The third-order valence-corrected chi connectivity index (χ3v) is 2.99. The first-order valence-corrected chi connectivity index (χ1v) is 5.67. The number of hydrogen-bond acceptors (Lipinski definition) is 4. The van der Waals surface area contributed by atoms with E-state index >= 15 is 0 Å². The molecule has 0 bridgehead atoms. The molecule has 0 spiro atoms. The van der Waals surface area contributed by atoms with Crippen LogP contribution in [0.2, 0.25) is 0 Å². The van der Waals surface area contributed by atoms with Crippen LogP contribution in [0.15, 0.2) is 6.20 Å². The van der Waals surface area contributed by atoms with E-state index in [1.807, 2.05) is 0 Å². The molecule has 5 nitrogen and oxygen atoms in total. The van der Waals surface area contributed by atoms with Gasteiger partial charge in [0.1, 0.15) is 10.2 Å². The predicted octanol–water partition coefficient (Wildman–Crippen LogP) is 1.83. The van der Waals surface area contributed by atoms with Crippen LogP contribution in [-0.2, 0) is 0 Å². The van der Waals surface area contributed by atoms with Crippen molar-refractivity contribution < 1.29 is 9.90 Å². The first-order valence-electron chi connectivity index (χ1n) is 5.26. The number of hydrogen-bond donors (Lipinski definition) is 2. The summed E-state index contributed by atoms with van der Waals surface area (Å²) in [6.45, 7) is 1.90. The number of anilines is 1. The van der Waals surface area contributed by atoms with Crippen LogP contribution in [0.4, 0.5) is 5.95 Å². The lowest BCUT2D eigenvalue weighted by atomic mass is 10.1. The van der Waals surface area contributed by atoms with Gasteiger partial charge in [-0.15, -0.1) is 0 Å². The Labute approximate surface area is 98.1 Å². The van der Waals surface area contributed by atoms with Crippen molar-refractivity contribution in [3.05, 3.63) is 16.4 Å². The normalized spacial score (nSPS) is 16.1. The van der Waals surface area contributed by atoms with Gasteiger partial charge in [0.15, 0.2) is 0 Å². The molecule has 0 unspecified atom stereocenters. The maximum absolute atomic E-state index is 10.8. The Morgan fingerprint density at radius 1 is 1.44 bits per heavy atom. The lowest BCUT2D eigenvalue weighted by molar-refractivity contribution is 0.0695. The number of rotatable bonds is 2. The molecule has 1 aromatic heterocycles. The highest BCUT2D eigenvalue weighted by molar-refractivity contribution is 7.71. The number of aromatic carboxylic acids is 1. The second-order valence-corrected chi connectivity index (χ2v) is 4.21. The lowest BCUT2D eigenvalue weighted by Crippen LogP contribution is -2.31. The Morgan fingerprint density at radius 3 is 2.69 bits per heavy atom. The number of H-pyrrole nitrogens is 1. The van der Waals surface area contributed by atoms with Crippen molar-refractivity contribution in [1.29, 1.82) is 0 Å². The van der Waals surface area contributed by atoms with Crippen molar-refractivity contribution >= 4 is 24.1 Å². The largest absolute Gasteiger partial charge is 0.478 e. The number of carboxylic acids is 1. The summed E-state index contributed by atoms with van der Waals surface area (Å²) in [6, 6.07) is 0. The van der Waals surface area contributed by atoms with E-state index in [4.69, 9.17) is 17.3 Å². The molecule has 1 saturated heterocycles. The van der Waals surface area contributed by atoms with E-state index in [0.717, 1.165) is 25.9 Å². The van der Waals surface area contributed by atoms with Crippen LogP contribution in [-0.4, -0.2) is 34.1 Å². The molecule has 1 aliphatic heterocycles. The number of carbonyl (C=O) groups is 1. The van der Waals surface area contributed by atoms with Crippen molar-refractivity contribution in [2.75, 3.05) is 18.0 Å². The van der Waals surface area contributed by atoms with E-state index in [9.17, 15) is 4.79 Å². The Bertz CT molecular complexity index is 452. The fourth-order valence-electron chi connectivity index (χ4n) is 1.80. The molecule has 0 atom stereocenters. The monoisotopic (exact) mass is 239 g/mol. The number of carboxylic acid groups (broad SMARTS) is 1. The van der Waals surface area contributed by atoms with Crippen molar-refractivity contribution in [2.45, 2.75) is 19.3 Å². The van der Waals surface area contributed by atoms with E-state index in [-0.39, 0.29) is 10.2 Å². The third-order valence-electron chi connectivity index (χ3n) is 2.67. The number of nitrogens with one attached hydrogen (secondary N) is 1. The Kier molecular flexibility index (Phi) is 3.19. The molecular weight excluding hydrogens is 226 g/mol. The number of aromatic amines is 1. The van der Waals surface area contributed by atoms with Crippen LogP contribution in [0, 0.1) is 4.64 Å². The first kappa shape index (κ1) is 11.1. The van der Waals surface area contributed by atoms with Crippen LogP contribution < -0.4 is 4.90 Å². The zero-order chi connectivity index (χ0) is 11.5. The minimum atomic E-state index is -1.04. The van der Waals surface area contributed by atoms with E-state index in [1.165, 1.54) is 12.6 Å². The highest BCUT2D eigenvalue weighted by Gasteiger charge is 2.14. The maximum atomic E-state index is 10.8. The van der Waals surface area contributed by atoms with Crippen molar-refractivity contribution in [3.8, 4) is 0 Å². The van der Waals surface area contributed by atoms with Crippen LogP contribution in [0.25, 0.3) is 0 Å². The van der Waals surface area contributed by atoms with Gasteiger partial charge in [0.05, 0.1) is 0 Å².